The SMILES string of the molecule is Cc1nc(C(C)c2cccs2)sc1CCON(O)O. The molecule has 19 heavy (non-hydrogen) atoms. The first-order chi connectivity index (χ1) is 9.08. The molecule has 0 saturated carbocycles. The monoisotopic (exact) mass is 300 g/mol. The minimum absolute atomic E-state index is 0.211. The summed E-state index contributed by atoms with van der Waals surface area (Å²) in [5.41, 5.74) is 0.981. The van der Waals surface area contributed by atoms with Crippen molar-refractivity contribution in [1.82, 2.24) is 10.4 Å². The normalized spacial score (nSPS) is 13.1. The minimum Gasteiger partial charge on any atom is -0.266 e. The van der Waals surface area contributed by atoms with Crippen LogP contribution >= 0.6 is 22.7 Å². The van der Waals surface area contributed by atoms with E-state index >= 15 is 0 Å². The number of thiophene rings is 1. The van der Waals surface area contributed by atoms with Crippen LogP contribution in [0.25, 0.3) is 0 Å². The lowest BCUT2D eigenvalue weighted by molar-refractivity contribution is -0.492. The van der Waals surface area contributed by atoms with Gasteiger partial charge in [-0.1, -0.05) is 13.0 Å². The average molecular weight is 300 g/mol. The lowest BCUT2D eigenvalue weighted by Crippen LogP contribution is -2.16. The third-order valence-electron chi connectivity index (χ3n) is 2.79. The Labute approximate surface area is 119 Å². The van der Waals surface area contributed by atoms with Gasteiger partial charge in [-0.05, 0) is 18.4 Å². The molecule has 0 aliphatic heterocycles. The molecule has 2 heterocycles. The molecule has 2 aromatic heterocycles. The summed E-state index contributed by atoms with van der Waals surface area (Å²) in [6.07, 6.45) is 0.609. The standard InChI is InChI=1S/C12H16N2O3S2/c1-8(10-4-3-7-18-10)12-13-9(2)11(19-12)5-6-17-14(15)16/h3-4,7-8,15-16H,5-6H2,1-2H3. The molecule has 5 nitrogen and oxygen atoms in total. The van der Waals surface area contributed by atoms with Gasteiger partial charge in [-0.15, -0.1) is 22.7 Å². The molecular weight excluding hydrogens is 284 g/mol. The topological polar surface area (TPSA) is 65.8 Å². The fourth-order valence-corrected chi connectivity index (χ4v) is 3.73. The van der Waals surface area contributed by atoms with Gasteiger partial charge in [0.15, 0.2) is 0 Å². The highest BCUT2D eigenvalue weighted by Crippen LogP contribution is 2.32. The second-order valence-electron chi connectivity index (χ2n) is 4.13. The fourth-order valence-electron chi connectivity index (χ4n) is 1.75. The van der Waals surface area contributed by atoms with E-state index < -0.39 is 0 Å². The molecule has 2 rings (SSSR count). The number of aryl methyl sites for hydroxylation is 1. The molecule has 0 spiro atoms. The van der Waals surface area contributed by atoms with Gasteiger partial charge in [0, 0.05) is 22.1 Å². The maximum Gasteiger partial charge on any atom is 0.101 e. The van der Waals surface area contributed by atoms with E-state index in [-0.39, 0.29) is 12.0 Å². The second kappa shape index (κ2) is 6.56. The summed E-state index contributed by atoms with van der Waals surface area (Å²) in [4.78, 5) is 11.6. The van der Waals surface area contributed by atoms with E-state index in [0.717, 1.165) is 15.6 Å². The van der Waals surface area contributed by atoms with Crippen LogP contribution in [-0.4, -0.2) is 27.4 Å². The fraction of sp³-hybridized carbons (Fsp3) is 0.417. The van der Waals surface area contributed by atoms with E-state index in [0.29, 0.717) is 12.3 Å². The minimum atomic E-state index is -0.258. The Morgan fingerprint density at radius 1 is 1.47 bits per heavy atom. The third kappa shape index (κ3) is 3.82. The number of thiazole rings is 1. The van der Waals surface area contributed by atoms with Crippen LogP contribution in [0.5, 0.6) is 0 Å². The van der Waals surface area contributed by atoms with E-state index in [9.17, 15) is 0 Å². The van der Waals surface area contributed by atoms with Gasteiger partial charge in [0.25, 0.3) is 0 Å². The summed E-state index contributed by atoms with van der Waals surface area (Å²) in [5.74, 6) is 0.297. The van der Waals surface area contributed by atoms with Crippen molar-refractivity contribution in [3.05, 3.63) is 38.0 Å². The van der Waals surface area contributed by atoms with Gasteiger partial charge in [-0.25, -0.2) is 4.98 Å². The van der Waals surface area contributed by atoms with E-state index in [2.05, 4.69) is 28.2 Å². The highest BCUT2D eigenvalue weighted by molar-refractivity contribution is 7.12. The van der Waals surface area contributed by atoms with Crippen molar-refractivity contribution in [2.24, 2.45) is 0 Å². The first kappa shape index (κ1) is 14.6. The van der Waals surface area contributed by atoms with Crippen molar-refractivity contribution in [3.63, 3.8) is 0 Å². The molecule has 104 valence electrons. The molecule has 0 aliphatic carbocycles. The third-order valence-corrected chi connectivity index (χ3v) is 5.24. The molecule has 0 aromatic carbocycles. The largest absolute Gasteiger partial charge is 0.266 e. The van der Waals surface area contributed by atoms with Gasteiger partial charge in [-0.2, -0.15) is 0 Å². The van der Waals surface area contributed by atoms with Crippen LogP contribution < -0.4 is 0 Å². The van der Waals surface area contributed by atoms with Gasteiger partial charge in [-0.3, -0.25) is 15.3 Å². The highest BCUT2D eigenvalue weighted by atomic mass is 32.1. The van der Waals surface area contributed by atoms with Gasteiger partial charge in [0.1, 0.15) is 5.01 Å². The molecule has 0 aliphatic rings. The lowest BCUT2D eigenvalue weighted by atomic mass is 10.1. The zero-order valence-electron chi connectivity index (χ0n) is 10.7. The summed E-state index contributed by atoms with van der Waals surface area (Å²) in [5, 5.41) is 19.8. The summed E-state index contributed by atoms with van der Waals surface area (Å²) in [6.45, 7) is 4.32. The van der Waals surface area contributed by atoms with Crippen molar-refractivity contribution in [1.29, 1.82) is 0 Å². The Bertz CT molecular complexity index is 511. The summed E-state index contributed by atoms with van der Waals surface area (Å²) in [6, 6.07) is 4.16. The van der Waals surface area contributed by atoms with Crippen LogP contribution in [0.3, 0.4) is 0 Å². The zero-order valence-corrected chi connectivity index (χ0v) is 12.4. The summed E-state index contributed by atoms with van der Waals surface area (Å²) < 4.78 is 0. The molecule has 1 unspecified atom stereocenters. The number of hydrogen-bond acceptors (Lipinski definition) is 7. The van der Waals surface area contributed by atoms with Crippen molar-refractivity contribution in [2.75, 3.05) is 6.61 Å². The molecule has 1 atom stereocenters. The van der Waals surface area contributed by atoms with E-state index in [1.54, 1.807) is 22.7 Å². The predicted octanol–water partition coefficient (Wildman–Crippen LogP) is 3.22. The smallest absolute Gasteiger partial charge is 0.101 e. The summed E-state index contributed by atoms with van der Waals surface area (Å²) >= 11 is 3.38. The lowest BCUT2D eigenvalue weighted by Gasteiger charge is -2.05. The summed E-state index contributed by atoms with van der Waals surface area (Å²) in [7, 11) is 0. The Kier molecular flexibility index (Phi) is 5.03. The van der Waals surface area contributed by atoms with Crippen LogP contribution in [-0.2, 0) is 11.3 Å². The van der Waals surface area contributed by atoms with Crippen molar-refractivity contribution in [2.45, 2.75) is 26.2 Å². The van der Waals surface area contributed by atoms with Crippen LogP contribution in [0.2, 0.25) is 0 Å². The van der Waals surface area contributed by atoms with E-state index in [1.807, 2.05) is 13.0 Å². The molecule has 2 N–H and O–H groups in total. The molecule has 0 radical (unpaired) electrons. The highest BCUT2D eigenvalue weighted by Gasteiger charge is 2.16. The zero-order chi connectivity index (χ0) is 13.8. The Morgan fingerprint density at radius 2 is 2.26 bits per heavy atom. The number of nitrogens with zero attached hydrogens (tertiary/aromatic N) is 2. The molecule has 7 heteroatoms. The van der Waals surface area contributed by atoms with Gasteiger partial charge in [0.05, 0.1) is 17.7 Å². The second-order valence-corrected chi connectivity index (χ2v) is 6.23. The Balaban J connectivity index is 2.04. The Hall–Kier alpha value is -0.830. The maximum atomic E-state index is 8.47. The van der Waals surface area contributed by atoms with Crippen molar-refractivity contribution in [3.8, 4) is 0 Å². The van der Waals surface area contributed by atoms with Crippen LogP contribution in [0.15, 0.2) is 17.5 Å². The molecule has 0 saturated heterocycles. The molecule has 2 aromatic rings. The Morgan fingerprint density at radius 3 is 2.89 bits per heavy atom. The quantitative estimate of drug-likeness (QED) is 0.802. The average Bonchev–Trinajstić information content (AvgIpc) is 2.98. The molecule has 0 fully saturated rings. The predicted molar refractivity (Wildman–Crippen MR) is 73.8 cm³/mol. The maximum absolute atomic E-state index is 8.47. The first-order valence-electron chi connectivity index (χ1n) is 5.88. The first-order valence-corrected chi connectivity index (χ1v) is 7.58. The van der Waals surface area contributed by atoms with Gasteiger partial charge in [0.2, 0.25) is 0 Å². The number of hydrogen-bond donors (Lipinski definition) is 2. The number of rotatable bonds is 6. The van der Waals surface area contributed by atoms with E-state index in [1.165, 1.54) is 4.88 Å². The van der Waals surface area contributed by atoms with Gasteiger partial charge < -0.3 is 0 Å². The van der Waals surface area contributed by atoms with Crippen molar-refractivity contribution >= 4 is 22.7 Å². The molecule has 0 bridgehead atoms. The molecular formula is C12H16N2O3S2. The van der Waals surface area contributed by atoms with Crippen LogP contribution in [0.1, 0.15) is 33.3 Å². The molecule has 0 amide bonds. The number of aromatic nitrogens is 1. The van der Waals surface area contributed by atoms with Gasteiger partial charge >= 0.3 is 0 Å². The van der Waals surface area contributed by atoms with Crippen LogP contribution in [0.4, 0.5) is 0 Å². The van der Waals surface area contributed by atoms with Crippen molar-refractivity contribution < 1.29 is 15.3 Å². The van der Waals surface area contributed by atoms with E-state index in [4.69, 9.17) is 10.4 Å². The van der Waals surface area contributed by atoms with Crippen LogP contribution in [0, 0.1) is 6.92 Å².